The Morgan fingerprint density at radius 2 is 0.702 bits per heavy atom. The second kappa shape index (κ2) is 13.3. The van der Waals surface area contributed by atoms with Crippen molar-refractivity contribution in [3.05, 3.63) is 200 Å². The fourth-order valence-electron chi connectivity index (χ4n) is 8.25. The van der Waals surface area contributed by atoms with Crippen LogP contribution in [-0.4, -0.2) is 24.1 Å². The molecule has 57 heavy (non-hydrogen) atoms. The first-order valence-electron chi connectivity index (χ1n) is 19.3. The highest BCUT2D eigenvalue weighted by Crippen LogP contribution is 2.38. The largest absolute Gasteiger partial charge is 0.309 e. The second-order valence-electron chi connectivity index (χ2n) is 14.6. The van der Waals surface area contributed by atoms with Crippen LogP contribution >= 0.6 is 0 Å². The first kappa shape index (κ1) is 32.8. The van der Waals surface area contributed by atoms with Crippen molar-refractivity contribution in [2.24, 2.45) is 0 Å². The average Bonchev–Trinajstić information content (AvgIpc) is 3.79. The molecule has 0 bridgehead atoms. The number of aromatic nitrogens is 5. The van der Waals surface area contributed by atoms with Crippen LogP contribution in [0.1, 0.15) is 5.56 Å². The van der Waals surface area contributed by atoms with Gasteiger partial charge in [0.15, 0.2) is 17.5 Å². The molecule has 11 rings (SSSR count). The standard InChI is InChI=1S/C52H35N5/c1-34-20-26-40(27-21-34)57-46-18-10-8-16-42(46)44-30-24-39(33-49(44)57)38-25-31-48-45(32-38)43-17-9-11-19-47(43)56(48)41-28-22-37(23-29-41)52-54-50(35-12-4-2-5-13-35)53-51(55-52)36-14-6-3-7-15-36/h2-33H,1H3. The molecular weight excluding hydrogens is 695 g/mol. The summed E-state index contributed by atoms with van der Waals surface area (Å²) in [5.74, 6) is 1.94. The highest BCUT2D eigenvalue weighted by molar-refractivity contribution is 6.12. The van der Waals surface area contributed by atoms with Gasteiger partial charge >= 0.3 is 0 Å². The molecule has 5 nitrogen and oxygen atoms in total. The predicted octanol–water partition coefficient (Wildman–Crippen LogP) is 13.0. The summed E-state index contributed by atoms with van der Waals surface area (Å²) in [6.07, 6.45) is 0. The first-order valence-corrected chi connectivity index (χ1v) is 19.3. The van der Waals surface area contributed by atoms with E-state index in [9.17, 15) is 0 Å². The Morgan fingerprint density at radius 1 is 0.298 bits per heavy atom. The van der Waals surface area contributed by atoms with Crippen molar-refractivity contribution in [3.8, 4) is 56.7 Å². The van der Waals surface area contributed by atoms with E-state index in [1.165, 1.54) is 49.3 Å². The Labute approximate surface area is 329 Å². The van der Waals surface area contributed by atoms with E-state index in [0.29, 0.717) is 17.5 Å². The minimum atomic E-state index is 0.638. The first-order chi connectivity index (χ1) is 28.2. The third-order valence-corrected chi connectivity index (χ3v) is 11.1. The number of hydrogen-bond acceptors (Lipinski definition) is 3. The quantitative estimate of drug-likeness (QED) is 0.171. The fourth-order valence-corrected chi connectivity index (χ4v) is 8.25. The van der Waals surface area contributed by atoms with Crippen molar-refractivity contribution in [2.75, 3.05) is 0 Å². The molecule has 0 N–H and O–H groups in total. The number of hydrogen-bond donors (Lipinski definition) is 0. The lowest BCUT2D eigenvalue weighted by molar-refractivity contribution is 1.07. The molecule has 0 spiro atoms. The summed E-state index contributed by atoms with van der Waals surface area (Å²) in [7, 11) is 0. The molecule has 0 radical (unpaired) electrons. The third kappa shape index (κ3) is 5.59. The van der Waals surface area contributed by atoms with Gasteiger partial charge in [0.1, 0.15) is 0 Å². The van der Waals surface area contributed by atoms with E-state index in [2.05, 4.69) is 150 Å². The second-order valence-corrected chi connectivity index (χ2v) is 14.6. The number of para-hydroxylation sites is 2. The van der Waals surface area contributed by atoms with Gasteiger partial charge in [0.2, 0.25) is 0 Å². The zero-order valence-electron chi connectivity index (χ0n) is 31.2. The van der Waals surface area contributed by atoms with Gasteiger partial charge in [-0.2, -0.15) is 0 Å². The molecule has 0 saturated heterocycles. The van der Waals surface area contributed by atoms with Gasteiger partial charge in [-0.1, -0.05) is 133 Å². The summed E-state index contributed by atoms with van der Waals surface area (Å²) in [5.41, 5.74) is 13.4. The van der Waals surface area contributed by atoms with E-state index in [1.807, 2.05) is 60.7 Å². The lowest BCUT2D eigenvalue weighted by Crippen LogP contribution is -2.00. The molecule has 0 unspecified atom stereocenters. The van der Waals surface area contributed by atoms with Gasteiger partial charge in [-0.25, -0.2) is 15.0 Å². The highest BCUT2D eigenvalue weighted by atomic mass is 15.0. The van der Waals surface area contributed by atoms with Crippen molar-refractivity contribution in [1.29, 1.82) is 0 Å². The molecule has 0 aliphatic carbocycles. The van der Waals surface area contributed by atoms with Crippen LogP contribution in [0, 0.1) is 6.92 Å². The van der Waals surface area contributed by atoms with E-state index in [1.54, 1.807) is 0 Å². The summed E-state index contributed by atoms with van der Waals surface area (Å²) in [5, 5.41) is 4.93. The Kier molecular flexibility index (Phi) is 7.64. The molecule has 268 valence electrons. The number of fused-ring (bicyclic) bond motifs is 6. The maximum Gasteiger partial charge on any atom is 0.164 e. The molecule has 5 heteroatoms. The maximum absolute atomic E-state index is 4.96. The van der Waals surface area contributed by atoms with Crippen molar-refractivity contribution in [3.63, 3.8) is 0 Å². The molecule has 0 saturated carbocycles. The smallest absolute Gasteiger partial charge is 0.164 e. The molecule has 3 aromatic heterocycles. The van der Waals surface area contributed by atoms with Crippen molar-refractivity contribution < 1.29 is 0 Å². The van der Waals surface area contributed by atoms with Crippen LogP contribution in [0.15, 0.2) is 194 Å². The number of aryl methyl sites for hydroxylation is 1. The Balaban J connectivity index is 1.01. The van der Waals surface area contributed by atoms with Gasteiger partial charge in [-0.3, -0.25) is 0 Å². The van der Waals surface area contributed by atoms with E-state index in [4.69, 9.17) is 15.0 Å². The van der Waals surface area contributed by atoms with Crippen molar-refractivity contribution >= 4 is 43.6 Å². The average molecular weight is 730 g/mol. The molecule has 8 aromatic carbocycles. The van der Waals surface area contributed by atoms with Gasteiger partial charge in [0.05, 0.1) is 22.1 Å². The number of nitrogens with zero attached hydrogens (tertiary/aromatic N) is 5. The summed E-state index contributed by atoms with van der Waals surface area (Å²) in [6, 6.07) is 68.7. The maximum atomic E-state index is 4.96. The molecule has 0 aliphatic heterocycles. The summed E-state index contributed by atoms with van der Waals surface area (Å²) >= 11 is 0. The van der Waals surface area contributed by atoms with E-state index in [-0.39, 0.29) is 0 Å². The zero-order valence-corrected chi connectivity index (χ0v) is 31.2. The number of benzene rings is 8. The minimum Gasteiger partial charge on any atom is -0.309 e. The lowest BCUT2D eigenvalue weighted by atomic mass is 10.0. The van der Waals surface area contributed by atoms with E-state index in [0.717, 1.165) is 39.1 Å². The summed E-state index contributed by atoms with van der Waals surface area (Å²) < 4.78 is 4.75. The number of rotatable bonds is 6. The summed E-state index contributed by atoms with van der Waals surface area (Å²) in [4.78, 5) is 14.8. The molecule has 11 aromatic rings. The van der Waals surface area contributed by atoms with Crippen LogP contribution < -0.4 is 0 Å². The Morgan fingerprint density at radius 3 is 1.30 bits per heavy atom. The lowest BCUT2D eigenvalue weighted by Gasteiger charge is -2.11. The van der Waals surface area contributed by atoms with Crippen molar-refractivity contribution in [1.82, 2.24) is 24.1 Å². The predicted molar refractivity (Wildman–Crippen MR) is 235 cm³/mol. The zero-order chi connectivity index (χ0) is 37.9. The SMILES string of the molecule is Cc1ccc(-n2c3ccccc3c3ccc(-c4ccc5c(c4)c4ccccc4n5-c4ccc(-c5nc(-c6ccccc6)nc(-c6ccccc6)n5)cc4)cc32)cc1. The molecule has 3 heterocycles. The van der Waals surface area contributed by atoms with Crippen LogP contribution in [0.2, 0.25) is 0 Å². The van der Waals surface area contributed by atoms with Gasteiger partial charge in [0, 0.05) is 49.6 Å². The van der Waals surface area contributed by atoms with Gasteiger partial charge in [0.25, 0.3) is 0 Å². The Hall–Kier alpha value is -7.63. The van der Waals surface area contributed by atoms with E-state index >= 15 is 0 Å². The third-order valence-electron chi connectivity index (χ3n) is 11.1. The van der Waals surface area contributed by atoms with Gasteiger partial charge < -0.3 is 9.13 Å². The molecule has 0 amide bonds. The van der Waals surface area contributed by atoms with Crippen LogP contribution in [0.4, 0.5) is 0 Å². The molecule has 0 aliphatic rings. The topological polar surface area (TPSA) is 48.5 Å². The molecule has 0 fully saturated rings. The van der Waals surface area contributed by atoms with Crippen LogP contribution in [0.3, 0.4) is 0 Å². The molecular formula is C52H35N5. The van der Waals surface area contributed by atoms with Crippen molar-refractivity contribution in [2.45, 2.75) is 6.92 Å². The van der Waals surface area contributed by atoms with E-state index < -0.39 is 0 Å². The van der Waals surface area contributed by atoms with Crippen LogP contribution in [-0.2, 0) is 0 Å². The van der Waals surface area contributed by atoms with Gasteiger partial charge in [-0.05, 0) is 84.8 Å². The highest BCUT2D eigenvalue weighted by Gasteiger charge is 2.17. The minimum absolute atomic E-state index is 0.638. The summed E-state index contributed by atoms with van der Waals surface area (Å²) in [6.45, 7) is 2.14. The van der Waals surface area contributed by atoms with Gasteiger partial charge in [-0.15, -0.1) is 0 Å². The Bertz CT molecular complexity index is 3210. The molecule has 0 atom stereocenters. The van der Waals surface area contributed by atoms with Crippen LogP contribution in [0.5, 0.6) is 0 Å². The van der Waals surface area contributed by atoms with Crippen LogP contribution in [0.25, 0.3) is 100 Å². The fraction of sp³-hybridized carbons (Fsp3) is 0.0192. The monoisotopic (exact) mass is 729 g/mol. The normalized spacial score (nSPS) is 11.6.